The summed E-state index contributed by atoms with van der Waals surface area (Å²) in [4.78, 5) is 0. The molecule has 2 N–H and O–H groups in total. The van der Waals surface area contributed by atoms with Crippen LogP contribution in [0.15, 0.2) is 0 Å². The smallest absolute Gasteiger partial charge is 0.0719 e. The molecule has 0 aliphatic rings. The first-order valence-electron chi connectivity index (χ1n) is 5.10. The fraction of sp³-hybridized carbons (Fsp3) is 1.00. The molecule has 0 amide bonds. The lowest BCUT2D eigenvalue weighted by Gasteiger charge is -2.15. The number of hydrogen-bond acceptors (Lipinski definition) is 3. The second kappa shape index (κ2) is 8.48. The highest BCUT2D eigenvalue weighted by molar-refractivity contribution is 4.57. The van der Waals surface area contributed by atoms with Gasteiger partial charge in [0.2, 0.25) is 0 Å². The molecule has 0 aromatic heterocycles. The second-order valence-electron chi connectivity index (χ2n) is 3.57. The van der Waals surface area contributed by atoms with Crippen LogP contribution >= 0.6 is 0 Å². The Bertz CT molecular complexity index is 107. The molecule has 0 fully saturated rings. The Morgan fingerprint density at radius 2 is 2.00 bits per heavy atom. The minimum atomic E-state index is 0.164. The van der Waals surface area contributed by atoms with Crippen molar-refractivity contribution in [1.29, 1.82) is 0 Å². The van der Waals surface area contributed by atoms with Crippen LogP contribution in [-0.2, 0) is 9.47 Å². The third-order valence-electron chi connectivity index (χ3n) is 1.70. The Kier molecular flexibility index (Phi) is 8.40. The van der Waals surface area contributed by atoms with E-state index in [-0.39, 0.29) is 6.10 Å². The van der Waals surface area contributed by atoms with Crippen molar-refractivity contribution in [3.63, 3.8) is 0 Å². The van der Waals surface area contributed by atoms with Crippen molar-refractivity contribution in [1.82, 2.24) is 0 Å². The number of rotatable bonds is 8. The quantitative estimate of drug-likeness (QED) is 0.587. The number of nitrogens with two attached hydrogens (primary N) is 1. The van der Waals surface area contributed by atoms with Crippen molar-refractivity contribution in [3.8, 4) is 0 Å². The van der Waals surface area contributed by atoms with E-state index in [0.717, 1.165) is 26.2 Å². The van der Waals surface area contributed by atoms with Crippen LogP contribution in [0, 0.1) is 5.92 Å². The summed E-state index contributed by atoms with van der Waals surface area (Å²) in [6, 6.07) is 0. The third kappa shape index (κ3) is 8.22. The molecule has 0 radical (unpaired) electrons. The molecule has 13 heavy (non-hydrogen) atoms. The van der Waals surface area contributed by atoms with Gasteiger partial charge in [-0.25, -0.2) is 0 Å². The topological polar surface area (TPSA) is 44.5 Å². The van der Waals surface area contributed by atoms with E-state index in [0.29, 0.717) is 12.5 Å². The predicted octanol–water partition coefficient (Wildman–Crippen LogP) is 1.41. The van der Waals surface area contributed by atoms with E-state index in [1.165, 1.54) is 0 Å². The standard InChI is InChI=1S/C10H23NO2/c1-4-13-10(7-11)5-6-12-8-9(2)3/h9-10H,4-8,11H2,1-3H3. The Balaban J connectivity index is 3.27. The van der Waals surface area contributed by atoms with Crippen LogP contribution in [0.1, 0.15) is 27.2 Å². The van der Waals surface area contributed by atoms with E-state index < -0.39 is 0 Å². The van der Waals surface area contributed by atoms with E-state index in [1.807, 2.05) is 6.92 Å². The van der Waals surface area contributed by atoms with Gasteiger partial charge in [0.05, 0.1) is 6.10 Å². The van der Waals surface area contributed by atoms with Gasteiger partial charge in [-0.2, -0.15) is 0 Å². The highest BCUT2D eigenvalue weighted by Crippen LogP contribution is 1.99. The van der Waals surface area contributed by atoms with Gasteiger partial charge in [0, 0.05) is 26.4 Å². The van der Waals surface area contributed by atoms with Crippen molar-refractivity contribution in [3.05, 3.63) is 0 Å². The summed E-state index contributed by atoms with van der Waals surface area (Å²) >= 11 is 0. The van der Waals surface area contributed by atoms with E-state index >= 15 is 0 Å². The summed E-state index contributed by atoms with van der Waals surface area (Å²) < 4.78 is 10.8. The zero-order chi connectivity index (χ0) is 10.1. The molecule has 0 saturated carbocycles. The molecule has 3 heteroatoms. The van der Waals surface area contributed by atoms with Gasteiger partial charge in [-0.3, -0.25) is 0 Å². The largest absolute Gasteiger partial charge is 0.381 e. The Labute approximate surface area is 81.6 Å². The molecular weight excluding hydrogens is 166 g/mol. The average Bonchev–Trinajstić information content (AvgIpc) is 2.10. The normalized spacial score (nSPS) is 13.6. The lowest BCUT2D eigenvalue weighted by molar-refractivity contribution is 0.0275. The Morgan fingerprint density at radius 1 is 1.31 bits per heavy atom. The molecule has 0 aromatic carbocycles. The summed E-state index contributed by atoms with van der Waals surface area (Å²) in [6.07, 6.45) is 1.06. The third-order valence-corrected chi connectivity index (χ3v) is 1.70. The summed E-state index contributed by atoms with van der Waals surface area (Å²) in [7, 11) is 0. The molecule has 3 nitrogen and oxygen atoms in total. The second-order valence-corrected chi connectivity index (χ2v) is 3.57. The van der Waals surface area contributed by atoms with Gasteiger partial charge < -0.3 is 15.2 Å². The van der Waals surface area contributed by atoms with Gasteiger partial charge in [-0.15, -0.1) is 0 Å². The highest BCUT2D eigenvalue weighted by atomic mass is 16.5. The van der Waals surface area contributed by atoms with Crippen molar-refractivity contribution >= 4 is 0 Å². The van der Waals surface area contributed by atoms with Crippen molar-refractivity contribution < 1.29 is 9.47 Å². The Hall–Kier alpha value is -0.120. The molecule has 0 rings (SSSR count). The molecule has 0 aliphatic heterocycles. The predicted molar refractivity (Wildman–Crippen MR) is 54.7 cm³/mol. The maximum absolute atomic E-state index is 5.52. The van der Waals surface area contributed by atoms with Crippen molar-refractivity contribution in [2.75, 3.05) is 26.4 Å². The van der Waals surface area contributed by atoms with Crippen LogP contribution in [0.2, 0.25) is 0 Å². The highest BCUT2D eigenvalue weighted by Gasteiger charge is 2.05. The average molecular weight is 189 g/mol. The van der Waals surface area contributed by atoms with Gasteiger partial charge in [0.15, 0.2) is 0 Å². The summed E-state index contributed by atoms with van der Waals surface area (Å²) in [5.41, 5.74) is 5.52. The van der Waals surface area contributed by atoms with Gasteiger partial charge in [0.25, 0.3) is 0 Å². The summed E-state index contributed by atoms with van der Waals surface area (Å²) in [5.74, 6) is 0.600. The zero-order valence-electron chi connectivity index (χ0n) is 9.08. The van der Waals surface area contributed by atoms with E-state index in [2.05, 4.69) is 13.8 Å². The summed E-state index contributed by atoms with van der Waals surface area (Å²) in [6.45, 7) is 9.15. The minimum Gasteiger partial charge on any atom is -0.381 e. The maximum atomic E-state index is 5.52. The molecule has 0 spiro atoms. The van der Waals surface area contributed by atoms with Crippen LogP contribution in [0.25, 0.3) is 0 Å². The van der Waals surface area contributed by atoms with E-state index in [9.17, 15) is 0 Å². The van der Waals surface area contributed by atoms with Gasteiger partial charge >= 0.3 is 0 Å². The van der Waals surface area contributed by atoms with Crippen LogP contribution in [0.5, 0.6) is 0 Å². The first kappa shape index (κ1) is 12.9. The first-order valence-corrected chi connectivity index (χ1v) is 5.10. The Morgan fingerprint density at radius 3 is 2.46 bits per heavy atom. The fourth-order valence-electron chi connectivity index (χ4n) is 1.04. The van der Waals surface area contributed by atoms with Crippen LogP contribution in [0.4, 0.5) is 0 Å². The molecule has 0 aliphatic carbocycles. The molecule has 80 valence electrons. The first-order chi connectivity index (χ1) is 6.20. The molecule has 1 unspecified atom stereocenters. The van der Waals surface area contributed by atoms with Crippen LogP contribution in [-0.4, -0.2) is 32.5 Å². The molecule has 0 aromatic rings. The van der Waals surface area contributed by atoms with Crippen molar-refractivity contribution in [2.45, 2.75) is 33.3 Å². The molecular formula is C10H23NO2. The molecule has 0 saturated heterocycles. The molecule has 0 bridgehead atoms. The number of hydrogen-bond donors (Lipinski definition) is 1. The maximum Gasteiger partial charge on any atom is 0.0719 e. The lowest BCUT2D eigenvalue weighted by atomic mass is 10.2. The SMILES string of the molecule is CCOC(CN)CCOCC(C)C. The zero-order valence-corrected chi connectivity index (χ0v) is 9.08. The van der Waals surface area contributed by atoms with Gasteiger partial charge in [-0.1, -0.05) is 13.8 Å². The minimum absolute atomic E-state index is 0.164. The number of ether oxygens (including phenoxy) is 2. The lowest BCUT2D eigenvalue weighted by Crippen LogP contribution is -2.25. The monoisotopic (exact) mass is 189 g/mol. The van der Waals surface area contributed by atoms with Gasteiger partial charge in [0.1, 0.15) is 0 Å². The van der Waals surface area contributed by atoms with E-state index in [4.69, 9.17) is 15.2 Å². The van der Waals surface area contributed by atoms with Gasteiger partial charge in [-0.05, 0) is 19.3 Å². The van der Waals surface area contributed by atoms with Crippen LogP contribution in [0.3, 0.4) is 0 Å². The molecule has 1 atom stereocenters. The van der Waals surface area contributed by atoms with Crippen molar-refractivity contribution in [2.24, 2.45) is 11.7 Å². The van der Waals surface area contributed by atoms with Crippen LogP contribution < -0.4 is 5.73 Å². The molecule has 0 heterocycles. The summed E-state index contributed by atoms with van der Waals surface area (Å²) in [5, 5.41) is 0. The fourth-order valence-corrected chi connectivity index (χ4v) is 1.04. The van der Waals surface area contributed by atoms with E-state index in [1.54, 1.807) is 0 Å².